The number of carboxylic acids is 1. The predicted octanol–water partition coefficient (Wildman–Crippen LogP) is 2.19. The summed E-state index contributed by atoms with van der Waals surface area (Å²) in [7, 11) is 0. The van der Waals surface area contributed by atoms with Crippen molar-refractivity contribution < 1.29 is 24.3 Å². The normalized spacial score (nSPS) is 13.7. The molecule has 9 N–H and O–H groups in total. The molecular formula is C35H42N6O5. The number of aliphatic carboxylic acids is 1. The van der Waals surface area contributed by atoms with Gasteiger partial charge in [-0.1, -0.05) is 78.9 Å². The number of nitrogens with one attached hydrogen (secondary N) is 4. The topological polar surface area (TPSA) is 192 Å². The lowest BCUT2D eigenvalue weighted by atomic mass is 10.0. The zero-order valence-corrected chi connectivity index (χ0v) is 25.7. The Morgan fingerprint density at radius 3 is 1.89 bits per heavy atom. The highest BCUT2D eigenvalue weighted by molar-refractivity contribution is 5.94. The number of unbranched alkanes of at least 4 members (excludes halogenated alkanes) is 1. The smallest absolute Gasteiger partial charge is 0.326 e. The van der Waals surface area contributed by atoms with Crippen molar-refractivity contribution in [3.05, 3.63) is 108 Å². The van der Waals surface area contributed by atoms with Gasteiger partial charge in [0.05, 0.1) is 6.04 Å². The van der Waals surface area contributed by atoms with Crippen molar-refractivity contribution in [2.75, 3.05) is 6.54 Å². The number of benzene rings is 3. The molecule has 3 aromatic carbocycles. The quantitative estimate of drug-likeness (QED) is 0.0873. The van der Waals surface area contributed by atoms with Crippen LogP contribution in [-0.2, 0) is 38.4 Å². The summed E-state index contributed by atoms with van der Waals surface area (Å²) >= 11 is 0. The van der Waals surface area contributed by atoms with Gasteiger partial charge >= 0.3 is 5.97 Å². The van der Waals surface area contributed by atoms with E-state index in [9.17, 15) is 24.3 Å². The summed E-state index contributed by atoms with van der Waals surface area (Å²) in [5.41, 5.74) is 15.1. The maximum atomic E-state index is 13.7. The summed E-state index contributed by atoms with van der Waals surface area (Å²) < 4.78 is 0. The number of fused-ring (bicyclic) bond motifs is 1. The fourth-order valence-corrected chi connectivity index (χ4v) is 5.33. The molecule has 11 heteroatoms. The van der Waals surface area contributed by atoms with Gasteiger partial charge in [-0.15, -0.1) is 0 Å². The lowest BCUT2D eigenvalue weighted by molar-refractivity contribution is -0.142. The van der Waals surface area contributed by atoms with Crippen molar-refractivity contribution in [2.45, 2.75) is 62.7 Å². The van der Waals surface area contributed by atoms with Crippen LogP contribution in [0.1, 0.15) is 36.0 Å². The second-order valence-corrected chi connectivity index (χ2v) is 11.4. The van der Waals surface area contributed by atoms with Crippen LogP contribution in [0.15, 0.2) is 91.1 Å². The minimum absolute atomic E-state index is 0.0359. The zero-order valence-electron chi connectivity index (χ0n) is 25.7. The highest BCUT2D eigenvalue weighted by Gasteiger charge is 2.31. The van der Waals surface area contributed by atoms with Gasteiger partial charge in [0, 0.05) is 29.9 Å². The number of rotatable bonds is 17. The second-order valence-electron chi connectivity index (χ2n) is 11.4. The molecule has 0 bridgehead atoms. The van der Waals surface area contributed by atoms with Crippen molar-refractivity contribution in [1.29, 1.82) is 0 Å². The van der Waals surface area contributed by atoms with Crippen LogP contribution in [0.4, 0.5) is 0 Å². The van der Waals surface area contributed by atoms with Gasteiger partial charge in [0.25, 0.3) is 0 Å². The second kappa shape index (κ2) is 16.9. The Labute approximate surface area is 268 Å². The van der Waals surface area contributed by atoms with E-state index in [4.69, 9.17) is 11.5 Å². The predicted molar refractivity (Wildman–Crippen MR) is 177 cm³/mol. The fraction of sp³-hybridized carbons (Fsp3) is 0.314. The lowest BCUT2D eigenvalue weighted by Crippen LogP contribution is -2.58. The minimum Gasteiger partial charge on any atom is -0.480 e. The Morgan fingerprint density at radius 2 is 1.24 bits per heavy atom. The summed E-state index contributed by atoms with van der Waals surface area (Å²) in [5.74, 6) is -2.93. The number of hydrogen-bond donors (Lipinski definition) is 7. The molecule has 0 saturated heterocycles. The standard InChI is InChI=1S/C35H42N6O5/c36-18-10-9-17-29(39-32(42)27(37)19-23-11-3-1-4-12-23)33(43)40-30(20-24-13-5-2-6-14-24)34(44)41-31(35(45)46)21-25-22-38-28-16-8-7-15-26(25)28/h1-8,11-16,22,27,29-31,38H,9-10,17-21,36-37H2,(H,39,42)(H,40,43)(H,41,44)(H,45,46). The molecule has 0 aliphatic carbocycles. The Balaban J connectivity index is 1.50. The number of nitrogens with two attached hydrogens (primary N) is 2. The highest BCUT2D eigenvalue weighted by atomic mass is 16.4. The van der Waals surface area contributed by atoms with Crippen LogP contribution in [0.5, 0.6) is 0 Å². The molecule has 4 unspecified atom stereocenters. The van der Waals surface area contributed by atoms with E-state index in [2.05, 4.69) is 20.9 Å². The molecular weight excluding hydrogens is 584 g/mol. The van der Waals surface area contributed by atoms with Gasteiger partial charge in [-0.3, -0.25) is 14.4 Å². The monoisotopic (exact) mass is 626 g/mol. The van der Waals surface area contributed by atoms with E-state index < -0.39 is 47.9 Å². The van der Waals surface area contributed by atoms with E-state index in [0.29, 0.717) is 19.4 Å². The van der Waals surface area contributed by atoms with Crippen LogP contribution in [0.25, 0.3) is 10.9 Å². The molecule has 1 aromatic heterocycles. The molecule has 0 fully saturated rings. The van der Waals surface area contributed by atoms with Gasteiger partial charge in [-0.05, 0) is 55.0 Å². The van der Waals surface area contributed by atoms with Crippen LogP contribution in [0.2, 0.25) is 0 Å². The van der Waals surface area contributed by atoms with Crippen molar-refractivity contribution in [3.63, 3.8) is 0 Å². The first-order valence-corrected chi connectivity index (χ1v) is 15.5. The Hall–Kier alpha value is -5.00. The fourth-order valence-electron chi connectivity index (χ4n) is 5.33. The molecule has 0 aliphatic heterocycles. The molecule has 4 rings (SSSR count). The highest BCUT2D eigenvalue weighted by Crippen LogP contribution is 2.19. The molecule has 4 aromatic rings. The maximum absolute atomic E-state index is 13.7. The Morgan fingerprint density at radius 1 is 0.674 bits per heavy atom. The number of aromatic nitrogens is 1. The third kappa shape index (κ3) is 9.75. The number of carbonyl (C=O) groups is 4. The number of aromatic amines is 1. The number of carboxylic acid groups (broad SMARTS) is 1. The van der Waals surface area contributed by atoms with Crippen molar-refractivity contribution in [3.8, 4) is 0 Å². The number of hydrogen-bond acceptors (Lipinski definition) is 6. The van der Waals surface area contributed by atoms with E-state index in [-0.39, 0.29) is 25.7 Å². The van der Waals surface area contributed by atoms with Crippen molar-refractivity contribution >= 4 is 34.6 Å². The number of H-pyrrole nitrogens is 1. The van der Waals surface area contributed by atoms with E-state index in [1.165, 1.54) is 0 Å². The summed E-state index contributed by atoms with van der Waals surface area (Å²) in [5, 5.41) is 19.1. The van der Waals surface area contributed by atoms with Gasteiger partial charge in [-0.25, -0.2) is 4.79 Å². The third-order valence-corrected chi connectivity index (χ3v) is 7.84. The Kier molecular flexibility index (Phi) is 12.4. The van der Waals surface area contributed by atoms with E-state index in [1.807, 2.05) is 84.9 Å². The van der Waals surface area contributed by atoms with Gasteiger partial charge in [0.2, 0.25) is 17.7 Å². The molecule has 0 spiro atoms. The van der Waals surface area contributed by atoms with E-state index in [1.54, 1.807) is 6.20 Å². The zero-order chi connectivity index (χ0) is 32.9. The molecule has 1 heterocycles. The summed E-state index contributed by atoms with van der Waals surface area (Å²) in [6, 6.07) is 21.7. The van der Waals surface area contributed by atoms with Gasteiger partial charge in [-0.2, -0.15) is 0 Å². The molecule has 0 radical (unpaired) electrons. The van der Waals surface area contributed by atoms with Crippen molar-refractivity contribution in [1.82, 2.24) is 20.9 Å². The van der Waals surface area contributed by atoms with Crippen LogP contribution < -0.4 is 27.4 Å². The third-order valence-electron chi connectivity index (χ3n) is 7.84. The average Bonchev–Trinajstić information content (AvgIpc) is 3.47. The van der Waals surface area contributed by atoms with E-state index >= 15 is 0 Å². The number of para-hydroxylation sites is 1. The van der Waals surface area contributed by atoms with Crippen LogP contribution in [0.3, 0.4) is 0 Å². The summed E-state index contributed by atoms with van der Waals surface area (Å²) in [4.78, 5) is 55.9. The number of amides is 3. The maximum Gasteiger partial charge on any atom is 0.326 e. The minimum atomic E-state index is -1.25. The first-order valence-electron chi connectivity index (χ1n) is 15.5. The van der Waals surface area contributed by atoms with E-state index in [0.717, 1.165) is 27.6 Å². The van der Waals surface area contributed by atoms with Crippen LogP contribution >= 0.6 is 0 Å². The largest absolute Gasteiger partial charge is 0.480 e. The number of carbonyl (C=O) groups excluding carboxylic acids is 3. The van der Waals surface area contributed by atoms with Gasteiger partial charge in [0.1, 0.15) is 18.1 Å². The van der Waals surface area contributed by atoms with Crippen LogP contribution in [-0.4, -0.2) is 64.5 Å². The van der Waals surface area contributed by atoms with Crippen LogP contribution in [0, 0.1) is 0 Å². The van der Waals surface area contributed by atoms with Gasteiger partial charge < -0.3 is 37.5 Å². The lowest BCUT2D eigenvalue weighted by Gasteiger charge is -2.25. The SMILES string of the molecule is NCCCCC(NC(=O)C(N)Cc1ccccc1)C(=O)NC(Cc1ccccc1)C(=O)NC(Cc1c[nH]c2ccccc12)C(=O)O. The molecule has 242 valence electrons. The first-order chi connectivity index (χ1) is 22.2. The molecule has 46 heavy (non-hydrogen) atoms. The Bertz CT molecular complexity index is 1590. The van der Waals surface area contributed by atoms with Crippen molar-refractivity contribution in [2.24, 2.45) is 11.5 Å². The molecule has 3 amide bonds. The summed E-state index contributed by atoms with van der Waals surface area (Å²) in [6.07, 6.45) is 3.64. The average molecular weight is 627 g/mol. The molecule has 11 nitrogen and oxygen atoms in total. The summed E-state index contributed by atoms with van der Waals surface area (Å²) in [6.45, 7) is 0.419. The first kappa shape index (κ1) is 33.9. The molecule has 0 aliphatic rings. The van der Waals surface area contributed by atoms with Gasteiger partial charge in [0.15, 0.2) is 0 Å². The molecule has 4 atom stereocenters. The molecule has 0 saturated carbocycles.